The fraction of sp³-hybridized carbons (Fsp3) is 0.545. The first-order valence-electron chi connectivity index (χ1n) is 4.93. The Kier molecular flexibility index (Phi) is 5.52. The predicted molar refractivity (Wildman–Crippen MR) is 63.9 cm³/mol. The molecule has 2 aromatic heterocycles. The quantitative estimate of drug-likeness (QED) is 0.783. The van der Waals surface area contributed by atoms with Crippen molar-refractivity contribution >= 4 is 11.2 Å². The van der Waals surface area contributed by atoms with E-state index < -0.39 is 0 Å². The van der Waals surface area contributed by atoms with Crippen LogP contribution in [0.25, 0.3) is 11.2 Å². The van der Waals surface area contributed by atoms with Crippen molar-refractivity contribution in [3.8, 4) is 0 Å². The molecule has 0 aliphatic carbocycles. The Morgan fingerprint density at radius 1 is 1.13 bits per heavy atom. The van der Waals surface area contributed by atoms with Crippen LogP contribution in [0.5, 0.6) is 0 Å². The topological polar surface area (TPSA) is 54.5 Å². The number of hydrogen-bond acceptors (Lipinski definition) is 3. The van der Waals surface area contributed by atoms with E-state index in [0.29, 0.717) is 5.92 Å². The third kappa shape index (κ3) is 2.75. The molecule has 0 aliphatic heterocycles. The van der Waals surface area contributed by atoms with Crippen molar-refractivity contribution in [2.45, 2.75) is 41.0 Å². The van der Waals surface area contributed by atoms with Crippen molar-refractivity contribution in [1.82, 2.24) is 19.9 Å². The van der Waals surface area contributed by atoms with Crippen LogP contribution in [0.15, 0.2) is 12.7 Å². The molecule has 0 unspecified atom stereocenters. The lowest BCUT2D eigenvalue weighted by atomic mass is 10.1. The van der Waals surface area contributed by atoms with E-state index in [1.54, 1.807) is 12.7 Å². The minimum Gasteiger partial charge on any atom is -0.342 e. The van der Waals surface area contributed by atoms with E-state index in [2.05, 4.69) is 33.8 Å². The molecule has 0 saturated heterocycles. The molecule has 0 aromatic carbocycles. The highest BCUT2D eigenvalue weighted by atomic mass is 15.0. The monoisotopic (exact) mass is 208 g/mol. The molecule has 2 heterocycles. The zero-order valence-electron chi connectivity index (χ0n) is 9.07. The van der Waals surface area contributed by atoms with Crippen molar-refractivity contribution in [2.24, 2.45) is 0 Å². The summed E-state index contributed by atoms with van der Waals surface area (Å²) in [7, 11) is 0. The molecule has 0 spiro atoms. The maximum atomic E-state index is 4.20. The first-order chi connectivity index (χ1) is 6.79. The van der Waals surface area contributed by atoms with Gasteiger partial charge in [0.1, 0.15) is 11.8 Å². The molecule has 0 aliphatic rings. The highest BCUT2D eigenvalue weighted by molar-refractivity contribution is 5.72. The van der Waals surface area contributed by atoms with Crippen LogP contribution in [-0.2, 0) is 0 Å². The van der Waals surface area contributed by atoms with Crippen LogP contribution >= 0.6 is 0 Å². The first-order valence-corrected chi connectivity index (χ1v) is 4.93. The Labute approximate surface area is 91.2 Å². The second-order valence-corrected chi connectivity index (χ2v) is 3.01. The van der Waals surface area contributed by atoms with Gasteiger partial charge in [0.25, 0.3) is 0 Å². The molecule has 2 aromatic rings. The van der Waals surface area contributed by atoms with Crippen LogP contribution in [0.2, 0.25) is 0 Å². The average Bonchev–Trinajstić information content (AvgIpc) is 2.67. The highest BCUT2D eigenvalue weighted by Crippen LogP contribution is 2.17. The van der Waals surface area contributed by atoms with Crippen molar-refractivity contribution < 1.29 is 0 Å². The summed E-state index contributed by atoms with van der Waals surface area (Å²) in [6.45, 7) is 8.20. The van der Waals surface area contributed by atoms with E-state index in [9.17, 15) is 0 Å². The van der Waals surface area contributed by atoms with Crippen LogP contribution in [-0.4, -0.2) is 19.9 Å². The first kappa shape index (κ1) is 13.5. The molecule has 0 amide bonds. The largest absolute Gasteiger partial charge is 0.342 e. The Hall–Kier alpha value is -1.45. The van der Waals surface area contributed by atoms with Gasteiger partial charge in [0.2, 0.25) is 0 Å². The number of aromatic nitrogens is 4. The maximum Gasteiger partial charge on any atom is 0.180 e. The number of aromatic amines is 1. The zero-order chi connectivity index (χ0) is 10.6. The van der Waals surface area contributed by atoms with Crippen molar-refractivity contribution in [3.63, 3.8) is 0 Å². The molecule has 84 valence electrons. The molecule has 0 saturated carbocycles. The number of fused-ring (bicyclic) bond motifs is 1. The molecule has 4 nitrogen and oxygen atoms in total. The lowest BCUT2D eigenvalue weighted by Gasteiger charge is -2.02. The molecule has 0 bridgehead atoms. The van der Waals surface area contributed by atoms with Crippen LogP contribution in [0, 0.1) is 0 Å². The molecule has 0 fully saturated rings. The second kappa shape index (κ2) is 6.11. The van der Waals surface area contributed by atoms with Crippen molar-refractivity contribution in [1.29, 1.82) is 0 Å². The SMILES string of the molecule is C.CC.CC(C)c1ncnc2nc[nH]c12. The van der Waals surface area contributed by atoms with E-state index in [0.717, 1.165) is 16.9 Å². The second-order valence-electron chi connectivity index (χ2n) is 3.01. The number of rotatable bonds is 1. The molecular formula is C11H20N4. The van der Waals surface area contributed by atoms with Crippen LogP contribution < -0.4 is 0 Å². The van der Waals surface area contributed by atoms with Gasteiger partial charge in [-0.25, -0.2) is 15.0 Å². The van der Waals surface area contributed by atoms with Gasteiger partial charge in [-0.15, -0.1) is 0 Å². The standard InChI is InChI=1S/C8H10N4.C2H6.CH4/c1-5(2)6-7-8(11-3-9-6)12-4-10-7;1-2;/h3-5H,1-2H3,(H,9,10,11,12);1-2H3;1H4. The van der Waals surface area contributed by atoms with Crippen LogP contribution in [0.1, 0.15) is 46.7 Å². The number of nitrogens with zero attached hydrogens (tertiary/aromatic N) is 3. The average molecular weight is 208 g/mol. The van der Waals surface area contributed by atoms with E-state index >= 15 is 0 Å². The summed E-state index contributed by atoms with van der Waals surface area (Å²) in [5.41, 5.74) is 2.72. The van der Waals surface area contributed by atoms with Gasteiger partial charge in [-0.05, 0) is 5.92 Å². The lowest BCUT2D eigenvalue weighted by molar-refractivity contribution is 0.825. The summed E-state index contributed by atoms with van der Waals surface area (Å²) in [5.74, 6) is 0.399. The summed E-state index contributed by atoms with van der Waals surface area (Å²) in [5, 5.41) is 0. The Bertz CT molecular complexity index is 392. The molecular weight excluding hydrogens is 188 g/mol. The van der Waals surface area contributed by atoms with Crippen molar-refractivity contribution in [2.75, 3.05) is 0 Å². The Morgan fingerprint density at radius 3 is 2.40 bits per heavy atom. The number of nitrogens with one attached hydrogen (secondary N) is 1. The predicted octanol–water partition coefficient (Wildman–Crippen LogP) is 3.14. The molecule has 4 heteroatoms. The molecule has 2 rings (SSSR count). The number of hydrogen-bond donors (Lipinski definition) is 1. The van der Waals surface area contributed by atoms with Gasteiger partial charge in [0.05, 0.1) is 12.0 Å². The van der Waals surface area contributed by atoms with Gasteiger partial charge in [-0.1, -0.05) is 35.1 Å². The van der Waals surface area contributed by atoms with E-state index in [1.165, 1.54) is 0 Å². The Morgan fingerprint density at radius 2 is 1.80 bits per heavy atom. The maximum absolute atomic E-state index is 4.20. The molecule has 0 radical (unpaired) electrons. The van der Waals surface area contributed by atoms with E-state index in [-0.39, 0.29) is 7.43 Å². The molecule has 15 heavy (non-hydrogen) atoms. The van der Waals surface area contributed by atoms with Gasteiger partial charge < -0.3 is 4.98 Å². The minimum atomic E-state index is 0. The summed E-state index contributed by atoms with van der Waals surface area (Å²) in [4.78, 5) is 15.3. The lowest BCUT2D eigenvalue weighted by Crippen LogP contribution is -1.94. The highest BCUT2D eigenvalue weighted by Gasteiger charge is 2.07. The van der Waals surface area contributed by atoms with E-state index in [4.69, 9.17) is 0 Å². The van der Waals surface area contributed by atoms with Gasteiger partial charge in [0.15, 0.2) is 5.65 Å². The normalized spacial score (nSPS) is 9.40. The van der Waals surface area contributed by atoms with E-state index in [1.807, 2.05) is 13.8 Å². The fourth-order valence-electron chi connectivity index (χ4n) is 1.22. The van der Waals surface area contributed by atoms with Gasteiger partial charge in [-0.3, -0.25) is 0 Å². The van der Waals surface area contributed by atoms with Gasteiger partial charge >= 0.3 is 0 Å². The number of imidazole rings is 1. The third-order valence-electron chi connectivity index (χ3n) is 1.80. The Balaban J connectivity index is 0.000000617. The van der Waals surface area contributed by atoms with Crippen LogP contribution in [0.4, 0.5) is 0 Å². The summed E-state index contributed by atoms with van der Waals surface area (Å²) in [6.07, 6.45) is 3.20. The number of H-pyrrole nitrogens is 1. The van der Waals surface area contributed by atoms with Gasteiger partial charge in [0, 0.05) is 0 Å². The fourth-order valence-corrected chi connectivity index (χ4v) is 1.22. The summed E-state index contributed by atoms with van der Waals surface area (Å²) < 4.78 is 0. The smallest absolute Gasteiger partial charge is 0.180 e. The minimum absolute atomic E-state index is 0. The zero-order valence-corrected chi connectivity index (χ0v) is 9.07. The summed E-state index contributed by atoms with van der Waals surface area (Å²) in [6, 6.07) is 0. The summed E-state index contributed by atoms with van der Waals surface area (Å²) >= 11 is 0. The molecule has 1 N–H and O–H groups in total. The molecule has 0 atom stereocenters. The van der Waals surface area contributed by atoms with Gasteiger partial charge in [-0.2, -0.15) is 0 Å². The van der Waals surface area contributed by atoms with Crippen LogP contribution in [0.3, 0.4) is 0 Å². The third-order valence-corrected chi connectivity index (χ3v) is 1.80. The van der Waals surface area contributed by atoms with Crippen molar-refractivity contribution in [3.05, 3.63) is 18.3 Å².